The molecular weight excluding hydrogens is 394 g/mol. The number of aliphatic hydroxyl groups is 1. The average molecular weight is 428 g/mol. The molecule has 0 radical (unpaired) electrons. The standard InChI is InChI=1S/C24H33N3O4/c1-16-9-10-24(2,14-18(12-19(28)11-16)17-7-5-4-6-8-17)15-25-22(30)20-13-21(29)27(3)23(31)26-20/h4-8,13,16,18-19,28H,9-12,14-15H2,1-3H3,(H,25,30)(H,26,31)/t16-,18-,19+,24+/m1/s1. The van der Waals surface area contributed by atoms with Crippen LogP contribution in [0.2, 0.25) is 0 Å². The van der Waals surface area contributed by atoms with Gasteiger partial charge in [0.05, 0.1) is 6.10 Å². The molecule has 1 heterocycles. The Kier molecular flexibility index (Phi) is 7.15. The van der Waals surface area contributed by atoms with Crippen molar-refractivity contribution in [2.75, 3.05) is 6.54 Å². The van der Waals surface area contributed by atoms with E-state index in [2.05, 4.69) is 36.3 Å². The maximum absolute atomic E-state index is 12.7. The molecule has 0 unspecified atom stereocenters. The third kappa shape index (κ3) is 5.94. The lowest BCUT2D eigenvalue weighted by atomic mass is 9.74. The Morgan fingerprint density at radius 2 is 1.97 bits per heavy atom. The summed E-state index contributed by atoms with van der Waals surface area (Å²) in [6, 6.07) is 11.4. The third-order valence-electron chi connectivity index (χ3n) is 6.55. The van der Waals surface area contributed by atoms with Crippen LogP contribution in [0, 0.1) is 11.3 Å². The van der Waals surface area contributed by atoms with Gasteiger partial charge in [-0.15, -0.1) is 0 Å². The van der Waals surface area contributed by atoms with E-state index < -0.39 is 17.2 Å². The van der Waals surface area contributed by atoms with Gasteiger partial charge in [0.2, 0.25) is 0 Å². The summed E-state index contributed by atoms with van der Waals surface area (Å²) in [5.74, 6) is 0.125. The van der Waals surface area contributed by atoms with Crippen molar-refractivity contribution in [3.63, 3.8) is 0 Å². The molecule has 7 heteroatoms. The number of rotatable bonds is 4. The summed E-state index contributed by atoms with van der Waals surface area (Å²) >= 11 is 0. The van der Waals surface area contributed by atoms with Crippen LogP contribution in [-0.4, -0.2) is 33.2 Å². The van der Waals surface area contributed by atoms with E-state index in [1.807, 2.05) is 18.2 Å². The summed E-state index contributed by atoms with van der Waals surface area (Å²) in [6.45, 7) is 4.76. The van der Waals surface area contributed by atoms with Crippen LogP contribution in [0.1, 0.15) is 67.9 Å². The number of aromatic nitrogens is 2. The van der Waals surface area contributed by atoms with E-state index in [4.69, 9.17) is 0 Å². The van der Waals surface area contributed by atoms with E-state index in [1.54, 1.807) is 0 Å². The van der Waals surface area contributed by atoms with E-state index in [1.165, 1.54) is 12.6 Å². The molecule has 0 bridgehead atoms. The largest absolute Gasteiger partial charge is 0.393 e. The third-order valence-corrected chi connectivity index (χ3v) is 6.55. The summed E-state index contributed by atoms with van der Waals surface area (Å²) in [6.07, 6.45) is 3.84. The molecule has 3 N–H and O–H groups in total. The molecule has 0 aliphatic heterocycles. The molecule has 0 spiro atoms. The van der Waals surface area contributed by atoms with E-state index in [0.29, 0.717) is 18.9 Å². The van der Waals surface area contributed by atoms with Crippen molar-refractivity contribution in [3.8, 4) is 0 Å². The van der Waals surface area contributed by atoms with Crippen LogP contribution in [0.3, 0.4) is 0 Å². The second kappa shape index (κ2) is 9.64. The van der Waals surface area contributed by atoms with Gasteiger partial charge in [0.15, 0.2) is 0 Å². The van der Waals surface area contributed by atoms with Gasteiger partial charge in [-0.3, -0.25) is 14.2 Å². The molecule has 1 aromatic carbocycles. The molecule has 1 aliphatic carbocycles. The lowest BCUT2D eigenvalue weighted by Crippen LogP contribution is -2.40. The Labute approximate surface area is 182 Å². The lowest BCUT2D eigenvalue weighted by Gasteiger charge is -2.34. The molecule has 1 saturated carbocycles. The second-order valence-electron chi connectivity index (χ2n) is 9.46. The first-order chi connectivity index (χ1) is 14.7. The van der Waals surface area contributed by atoms with Gasteiger partial charge in [-0.1, -0.05) is 50.6 Å². The Bertz CT molecular complexity index is 982. The minimum absolute atomic E-state index is 0.0248. The van der Waals surface area contributed by atoms with Gasteiger partial charge in [0, 0.05) is 19.7 Å². The number of carbonyl (C=O) groups excluding carboxylic acids is 1. The normalized spacial score (nSPS) is 27.0. The predicted molar refractivity (Wildman–Crippen MR) is 120 cm³/mol. The monoisotopic (exact) mass is 427 g/mol. The molecular formula is C24H33N3O4. The quantitative estimate of drug-likeness (QED) is 0.697. The van der Waals surface area contributed by atoms with E-state index >= 15 is 0 Å². The summed E-state index contributed by atoms with van der Waals surface area (Å²) < 4.78 is 0.924. The highest BCUT2D eigenvalue weighted by Gasteiger charge is 2.33. The lowest BCUT2D eigenvalue weighted by molar-refractivity contribution is 0.0915. The van der Waals surface area contributed by atoms with Gasteiger partial charge >= 0.3 is 5.69 Å². The highest BCUT2D eigenvalue weighted by atomic mass is 16.3. The summed E-state index contributed by atoms with van der Waals surface area (Å²) in [4.78, 5) is 38.8. The number of amides is 1. The molecule has 31 heavy (non-hydrogen) atoms. The van der Waals surface area contributed by atoms with Gasteiger partial charge in [-0.05, 0) is 48.5 Å². The maximum atomic E-state index is 12.7. The van der Waals surface area contributed by atoms with E-state index in [0.717, 1.165) is 36.3 Å². The zero-order chi connectivity index (χ0) is 22.6. The van der Waals surface area contributed by atoms with Crippen LogP contribution in [0.4, 0.5) is 0 Å². The zero-order valence-electron chi connectivity index (χ0n) is 18.6. The first-order valence-electron chi connectivity index (χ1n) is 11.0. The smallest absolute Gasteiger partial charge is 0.328 e. The molecule has 7 nitrogen and oxygen atoms in total. The molecule has 0 saturated heterocycles. The fourth-order valence-corrected chi connectivity index (χ4v) is 4.59. The van der Waals surface area contributed by atoms with E-state index in [9.17, 15) is 19.5 Å². The molecule has 1 aromatic heterocycles. The molecule has 3 rings (SSSR count). The molecule has 168 valence electrons. The summed E-state index contributed by atoms with van der Waals surface area (Å²) in [5.41, 5.74) is -0.144. The Morgan fingerprint density at radius 1 is 1.26 bits per heavy atom. The Balaban J connectivity index is 1.80. The van der Waals surface area contributed by atoms with Crippen molar-refractivity contribution in [1.82, 2.24) is 14.9 Å². The van der Waals surface area contributed by atoms with Crippen molar-refractivity contribution < 1.29 is 9.90 Å². The number of nitrogens with zero attached hydrogens (tertiary/aromatic N) is 1. The van der Waals surface area contributed by atoms with Crippen LogP contribution in [0.15, 0.2) is 46.0 Å². The predicted octanol–water partition coefficient (Wildman–Crippen LogP) is 2.55. The van der Waals surface area contributed by atoms with Gasteiger partial charge in [0.25, 0.3) is 11.5 Å². The minimum Gasteiger partial charge on any atom is -0.393 e. The molecule has 1 amide bonds. The first-order valence-corrected chi connectivity index (χ1v) is 11.0. The molecule has 1 fully saturated rings. The molecule has 2 aromatic rings. The highest BCUT2D eigenvalue weighted by molar-refractivity contribution is 5.92. The SMILES string of the molecule is C[C@@H]1CC[C@](C)(CNC(=O)c2cc(=O)n(C)c(=O)[nH]2)C[C@H](c2ccccc2)C[C@@H](O)C1. The maximum Gasteiger partial charge on any atom is 0.328 e. The second-order valence-corrected chi connectivity index (χ2v) is 9.46. The van der Waals surface area contributed by atoms with Gasteiger partial charge in [0.1, 0.15) is 5.69 Å². The van der Waals surface area contributed by atoms with Crippen LogP contribution in [0.25, 0.3) is 0 Å². The average Bonchev–Trinajstić information content (AvgIpc) is 2.79. The van der Waals surface area contributed by atoms with Crippen molar-refractivity contribution in [1.29, 1.82) is 0 Å². The van der Waals surface area contributed by atoms with Crippen LogP contribution >= 0.6 is 0 Å². The number of hydrogen-bond donors (Lipinski definition) is 3. The summed E-state index contributed by atoms with van der Waals surface area (Å²) in [5, 5.41) is 13.5. The van der Waals surface area contributed by atoms with Crippen molar-refractivity contribution in [3.05, 3.63) is 68.5 Å². The number of benzene rings is 1. The molecule has 4 atom stereocenters. The van der Waals surface area contributed by atoms with Gasteiger partial charge in [-0.2, -0.15) is 0 Å². The fraction of sp³-hybridized carbons (Fsp3) is 0.542. The van der Waals surface area contributed by atoms with Crippen molar-refractivity contribution in [2.24, 2.45) is 18.4 Å². The number of H-pyrrole nitrogens is 1. The first kappa shape index (κ1) is 23.0. The Hall–Kier alpha value is -2.67. The topological polar surface area (TPSA) is 104 Å². The molecule has 1 aliphatic rings. The van der Waals surface area contributed by atoms with Gasteiger partial charge in [-0.25, -0.2) is 4.79 Å². The van der Waals surface area contributed by atoms with Crippen LogP contribution in [0.5, 0.6) is 0 Å². The number of aliphatic hydroxyl groups excluding tert-OH is 1. The highest BCUT2D eigenvalue weighted by Crippen LogP contribution is 2.41. The number of nitrogens with one attached hydrogen (secondary N) is 2. The number of hydrogen-bond acceptors (Lipinski definition) is 4. The van der Waals surface area contributed by atoms with Crippen molar-refractivity contribution >= 4 is 5.91 Å². The number of carbonyl (C=O) groups is 1. The minimum atomic E-state index is -0.613. The van der Waals surface area contributed by atoms with Crippen molar-refractivity contribution in [2.45, 2.75) is 58.0 Å². The van der Waals surface area contributed by atoms with Crippen LogP contribution < -0.4 is 16.6 Å². The van der Waals surface area contributed by atoms with Gasteiger partial charge < -0.3 is 15.4 Å². The Morgan fingerprint density at radius 3 is 2.65 bits per heavy atom. The number of aromatic amines is 1. The fourth-order valence-electron chi connectivity index (χ4n) is 4.59. The zero-order valence-corrected chi connectivity index (χ0v) is 18.6. The van der Waals surface area contributed by atoms with Crippen LogP contribution in [-0.2, 0) is 7.05 Å². The van der Waals surface area contributed by atoms with E-state index in [-0.39, 0.29) is 23.1 Å². The summed E-state index contributed by atoms with van der Waals surface area (Å²) in [7, 11) is 1.36.